The lowest BCUT2D eigenvalue weighted by atomic mass is 9.91. The van der Waals surface area contributed by atoms with Gasteiger partial charge in [0, 0.05) is 31.5 Å². The van der Waals surface area contributed by atoms with Crippen molar-refractivity contribution >= 4 is 21.9 Å². The molecule has 1 amide bonds. The molecular weight excluding hydrogens is 552 g/mol. The SMILES string of the molecule is COC(=O)c1ccc([C@@H]2C=C(C(=O)NC3CCC3)O[C@H](OCCN(CCO)S(=O)(=O)c3ccc(OC)cc3)C2)cc1. The van der Waals surface area contributed by atoms with Crippen LogP contribution in [0.2, 0.25) is 0 Å². The number of hydrogen-bond donors (Lipinski definition) is 2. The van der Waals surface area contributed by atoms with Crippen molar-refractivity contribution in [1.29, 1.82) is 0 Å². The maximum atomic E-state index is 13.2. The van der Waals surface area contributed by atoms with Crippen LogP contribution in [-0.4, -0.2) is 82.6 Å². The summed E-state index contributed by atoms with van der Waals surface area (Å²) in [7, 11) is -1.10. The highest BCUT2D eigenvalue weighted by atomic mass is 32.2. The Morgan fingerprint density at radius 1 is 1.05 bits per heavy atom. The maximum absolute atomic E-state index is 13.2. The van der Waals surface area contributed by atoms with E-state index in [1.54, 1.807) is 42.5 Å². The van der Waals surface area contributed by atoms with E-state index in [9.17, 15) is 23.1 Å². The van der Waals surface area contributed by atoms with Crippen molar-refractivity contribution in [3.8, 4) is 5.75 Å². The zero-order valence-electron chi connectivity index (χ0n) is 23.2. The van der Waals surface area contributed by atoms with Crippen LogP contribution in [-0.2, 0) is 29.0 Å². The molecule has 2 N–H and O–H groups in total. The fraction of sp³-hybridized carbons (Fsp3) is 0.448. The molecule has 2 aromatic carbocycles. The predicted molar refractivity (Wildman–Crippen MR) is 149 cm³/mol. The molecule has 41 heavy (non-hydrogen) atoms. The number of allylic oxidation sites excluding steroid dienone is 1. The van der Waals surface area contributed by atoms with Gasteiger partial charge in [-0.15, -0.1) is 0 Å². The second kappa shape index (κ2) is 13.9. The Morgan fingerprint density at radius 3 is 2.34 bits per heavy atom. The molecule has 2 atom stereocenters. The molecule has 2 aromatic rings. The molecule has 0 aromatic heterocycles. The van der Waals surface area contributed by atoms with Crippen LogP contribution >= 0.6 is 0 Å². The Kier molecular flexibility index (Phi) is 10.4. The summed E-state index contributed by atoms with van der Waals surface area (Å²) in [6.07, 6.45) is 4.18. The fourth-order valence-electron chi connectivity index (χ4n) is 4.59. The van der Waals surface area contributed by atoms with E-state index in [2.05, 4.69) is 5.32 Å². The van der Waals surface area contributed by atoms with Crippen LogP contribution in [0.15, 0.2) is 65.3 Å². The molecule has 2 aliphatic rings. The van der Waals surface area contributed by atoms with Crippen molar-refractivity contribution in [3.63, 3.8) is 0 Å². The normalized spacial score (nSPS) is 19.1. The van der Waals surface area contributed by atoms with Gasteiger partial charge in [-0.3, -0.25) is 4.79 Å². The van der Waals surface area contributed by atoms with Crippen molar-refractivity contribution in [2.75, 3.05) is 40.5 Å². The summed E-state index contributed by atoms with van der Waals surface area (Å²) in [5.74, 6) is -0.372. The third kappa shape index (κ3) is 7.64. The van der Waals surface area contributed by atoms with Crippen LogP contribution in [0, 0.1) is 0 Å². The van der Waals surface area contributed by atoms with Gasteiger partial charge < -0.3 is 29.4 Å². The summed E-state index contributed by atoms with van der Waals surface area (Å²) in [6.45, 7) is -0.563. The third-order valence-corrected chi connectivity index (χ3v) is 9.09. The molecule has 12 heteroatoms. The second-order valence-electron chi connectivity index (χ2n) is 9.81. The van der Waals surface area contributed by atoms with Gasteiger partial charge in [0.25, 0.3) is 5.91 Å². The van der Waals surface area contributed by atoms with E-state index in [4.69, 9.17) is 18.9 Å². The van der Waals surface area contributed by atoms with E-state index in [1.807, 2.05) is 0 Å². The summed E-state index contributed by atoms with van der Waals surface area (Å²) < 4.78 is 49.3. The predicted octanol–water partition coefficient (Wildman–Crippen LogP) is 2.56. The second-order valence-corrected chi connectivity index (χ2v) is 11.7. The number of rotatable bonds is 13. The molecule has 222 valence electrons. The smallest absolute Gasteiger partial charge is 0.337 e. The number of esters is 1. The van der Waals surface area contributed by atoms with Gasteiger partial charge in [-0.2, -0.15) is 4.31 Å². The standard InChI is InChI=1S/C29H36N2O9S/c1-37-24-10-12-25(13-11-24)41(35,36)31(14-16-32)15-17-39-27-19-22(20-6-8-21(9-7-20)29(34)38-2)18-26(40-27)28(33)30-23-4-3-5-23/h6-13,18,22-23,27,32H,3-5,14-17,19H2,1-2H3,(H,30,33)/t22-,27+/m1/s1. The number of aliphatic hydroxyl groups is 1. The topological polar surface area (TPSA) is 141 Å². The lowest BCUT2D eigenvalue weighted by Gasteiger charge is -2.32. The minimum Gasteiger partial charge on any atom is -0.497 e. The summed E-state index contributed by atoms with van der Waals surface area (Å²) in [6, 6.07) is 13.0. The number of nitrogens with zero attached hydrogens (tertiary/aromatic N) is 1. The van der Waals surface area contributed by atoms with Crippen molar-refractivity contribution in [1.82, 2.24) is 9.62 Å². The zero-order chi connectivity index (χ0) is 29.4. The third-order valence-electron chi connectivity index (χ3n) is 7.17. The molecule has 4 rings (SSSR count). The van der Waals surface area contributed by atoms with Gasteiger partial charge >= 0.3 is 5.97 Å². The van der Waals surface area contributed by atoms with E-state index >= 15 is 0 Å². The first kappa shape index (κ1) is 30.5. The van der Waals surface area contributed by atoms with Crippen molar-refractivity contribution < 1.29 is 42.1 Å². The van der Waals surface area contributed by atoms with E-state index in [-0.39, 0.29) is 54.8 Å². The van der Waals surface area contributed by atoms with Gasteiger partial charge in [0.2, 0.25) is 16.3 Å². The van der Waals surface area contributed by atoms with Crippen LogP contribution in [0.4, 0.5) is 0 Å². The summed E-state index contributed by atoms with van der Waals surface area (Å²) in [4.78, 5) is 24.9. The summed E-state index contributed by atoms with van der Waals surface area (Å²) in [5.41, 5.74) is 1.26. The Morgan fingerprint density at radius 2 is 1.76 bits per heavy atom. The molecule has 0 unspecified atom stereocenters. The highest BCUT2D eigenvalue weighted by Gasteiger charge is 2.31. The first-order chi connectivity index (χ1) is 19.7. The zero-order valence-corrected chi connectivity index (χ0v) is 24.0. The van der Waals surface area contributed by atoms with Crippen molar-refractivity contribution in [3.05, 3.63) is 71.5 Å². The van der Waals surface area contributed by atoms with Crippen LogP contribution in [0.25, 0.3) is 0 Å². The minimum absolute atomic E-state index is 0.0361. The fourth-order valence-corrected chi connectivity index (χ4v) is 6.01. The molecule has 1 fully saturated rings. The van der Waals surface area contributed by atoms with Crippen LogP contribution in [0.3, 0.4) is 0 Å². The molecule has 0 saturated heterocycles. The number of carbonyl (C=O) groups is 2. The number of methoxy groups -OCH3 is 2. The van der Waals surface area contributed by atoms with Gasteiger partial charge in [0.1, 0.15) is 5.75 Å². The largest absolute Gasteiger partial charge is 0.497 e. The van der Waals surface area contributed by atoms with Gasteiger partial charge in [0.15, 0.2) is 5.76 Å². The molecule has 0 radical (unpaired) electrons. The monoisotopic (exact) mass is 588 g/mol. The number of benzene rings is 2. The van der Waals surface area contributed by atoms with Gasteiger partial charge in [-0.1, -0.05) is 12.1 Å². The first-order valence-corrected chi connectivity index (χ1v) is 14.9. The Balaban J connectivity index is 1.46. The lowest BCUT2D eigenvalue weighted by molar-refractivity contribution is -0.147. The molecule has 0 spiro atoms. The van der Waals surface area contributed by atoms with Crippen molar-refractivity contribution in [2.45, 2.75) is 48.8 Å². The van der Waals surface area contributed by atoms with Gasteiger partial charge in [-0.05, 0) is 67.3 Å². The number of sulfonamides is 1. The summed E-state index contributed by atoms with van der Waals surface area (Å²) in [5, 5.41) is 12.5. The van der Waals surface area contributed by atoms with Gasteiger partial charge in [0.05, 0.1) is 37.9 Å². The van der Waals surface area contributed by atoms with Crippen molar-refractivity contribution in [2.24, 2.45) is 0 Å². The Bertz CT molecular complexity index is 1320. The highest BCUT2D eigenvalue weighted by Crippen LogP contribution is 2.32. The molecule has 0 bridgehead atoms. The highest BCUT2D eigenvalue weighted by molar-refractivity contribution is 7.89. The molecule has 11 nitrogen and oxygen atoms in total. The lowest BCUT2D eigenvalue weighted by Crippen LogP contribution is -2.42. The maximum Gasteiger partial charge on any atom is 0.337 e. The first-order valence-electron chi connectivity index (χ1n) is 13.5. The number of nitrogens with one attached hydrogen (secondary N) is 1. The van der Waals surface area contributed by atoms with Crippen LogP contribution < -0.4 is 10.1 Å². The average Bonchev–Trinajstić information content (AvgIpc) is 2.98. The number of aliphatic hydroxyl groups excluding tert-OH is 1. The van der Waals surface area contributed by atoms with E-state index in [0.717, 1.165) is 29.1 Å². The van der Waals surface area contributed by atoms with Crippen LogP contribution in [0.5, 0.6) is 5.75 Å². The number of amides is 1. The molecular formula is C29H36N2O9S. The summed E-state index contributed by atoms with van der Waals surface area (Å²) >= 11 is 0. The molecule has 1 heterocycles. The number of ether oxygens (including phenoxy) is 4. The van der Waals surface area contributed by atoms with E-state index in [0.29, 0.717) is 17.7 Å². The Hall–Kier alpha value is -3.45. The molecule has 1 aliphatic heterocycles. The average molecular weight is 589 g/mol. The quantitative estimate of drug-likeness (QED) is 0.338. The van der Waals surface area contributed by atoms with Gasteiger partial charge in [-0.25, -0.2) is 13.2 Å². The number of hydrogen-bond acceptors (Lipinski definition) is 9. The van der Waals surface area contributed by atoms with Crippen LogP contribution in [0.1, 0.15) is 47.5 Å². The molecule has 1 saturated carbocycles. The molecule has 1 aliphatic carbocycles. The minimum atomic E-state index is -3.91. The number of carbonyl (C=O) groups excluding carboxylic acids is 2. The van der Waals surface area contributed by atoms with E-state index < -0.39 is 22.3 Å². The van der Waals surface area contributed by atoms with E-state index in [1.165, 1.54) is 26.4 Å². The Labute approximate surface area is 240 Å².